The van der Waals surface area contributed by atoms with Crippen LogP contribution in [0, 0.1) is 12.3 Å². The van der Waals surface area contributed by atoms with Crippen LogP contribution in [0.15, 0.2) is 23.2 Å². The van der Waals surface area contributed by atoms with Crippen molar-refractivity contribution >= 4 is 5.96 Å². The maximum atomic E-state index is 5.72. The fraction of sp³-hybridized carbons (Fsp3) is 0.632. The Bertz CT molecular complexity index is 536. The monoisotopic (exact) mass is 335 g/mol. The Hall–Kier alpha value is -1.75. The first-order valence-corrected chi connectivity index (χ1v) is 8.51. The zero-order valence-corrected chi connectivity index (χ0v) is 16.2. The van der Waals surface area contributed by atoms with Crippen LogP contribution in [0.5, 0.6) is 5.75 Å². The van der Waals surface area contributed by atoms with Crippen LogP contribution in [0.1, 0.15) is 38.8 Å². The average molecular weight is 335 g/mol. The molecule has 0 saturated heterocycles. The van der Waals surface area contributed by atoms with Crippen molar-refractivity contribution < 1.29 is 9.47 Å². The van der Waals surface area contributed by atoms with Crippen LogP contribution in [-0.2, 0) is 11.3 Å². The van der Waals surface area contributed by atoms with Crippen LogP contribution in [0.25, 0.3) is 0 Å². The molecular formula is C19H33N3O2. The lowest BCUT2D eigenvalue weighted by Crippen LogP contribution is -2.45. The number of aryl methyl sites for hydroxylation is 1. The number of hydrogen-bond donors (Lipinski definition) is 2. The number of guanidine groups is 1. The van der Waals surface area contributed by atoms with E-state index < -0.39 is 0 Å². The van der Waals surface area contributed by atoms with Crippen molar-refractivity contribution in [3.05, 3.63) is 29.3 Å². The van der Waals surface area contributed by atoms with E-state index in [0.717, 1.165) is 17.3 Å². The Morgan fingerprint density at radius 2 is 1.96 bits per heavy atom. The fourth-order valence-electron chi connectivity index (χ4n) is 2.43. The number of methoxy groups -OCH3 is 1. The first-order chi connectivity index (χ1) is 11.3. The molecule has 1 aromatic rings. The Labute approximate surface area is 146 Å². The Kier molecular flexibility index (Phi) is 8.05. The van der Waals surface area contributed by atoms with Gasteiger partial charge >= 0.3 is 0 Å². The van der Waals surface area contributed by atoms with Crippen molar-refractivity contribution in [2.24, 2.45) is 10.4 Å². The van der Waals surface area contributed by atoms with Gasteiger partial charge in [0.15, 0.2) is 5.96 Å². The molecule has 0 aliphatic heterocycles. The van der Waals surface area contributed by atoms with Gasteiger partial charge in [0, 0.05) is 32.8 Å². The van der Waals surface area contributed by atoms with Crippen molar-refractivity contribution in [3.8, 4) is 5.75 Å². The number of nitrogens with zero attached hydrogens (tertiary/aromatic N) is 1. The molecule has 1 aromatic carbocycles. The number of nitrogens with one attached hydrogen (secondary N) is 2. The third kappa shape index (κ3) is 6.40. The van der Waals surface area contributed by atoms with Gasteiger partial charge in [-0.3, -0.25) is 4.99 Å². The number of rotatable bonds is 7. The van der Waals surface area contributed by atoms with Gasteiger partial charge in [0.1, 0.15) is 5.75 Å². The van der Waals surface area contributed by atoms with Gasteiger partial charge in [-0.15, -0.1) is 0 Å². The maximum absolute atomic E-state index is 5.72. The summed E-state index contributed by atoms with van der Waals surface area (Å²) < 4.78 is 11.3. The Morgan fingerprint density at radius 1 is 1.25 bits per heavy atom. The van der Waals surface area contributed by atoms with E-state index >= 15 is 0 Å². The van der Waals surface area contributed by atoms with Crippen molar-refractivity contribution in [2.45, 2.75) is 47.3 Å². The highest BCUT2D eigenvalue weighted by atomic mass is 16.5. The number of aliphatic imine (C=N–C) groups is 1. The molecule has 5 nitrogen and oxygen atoms in total. The number of ether oxygens (including phenoxy) is 2. The lowest BCUT2D eigenvalue weighted by molar-refractivity contribution is 0.0205. The van der Waals surface area contributed by atoms with Gasteiger partial charge in [-0.05, 0) is 30.9 Å². The molecule has 0 aliphatic carbocycles. The highest BCUT2D eigenvalue weighted by molar-refractivity contribution is 5.79. The van der Waals surface area contributed by atoms with E-state index in [1.807, 2.05) is 6.92 Å². The summed E-state index contributed by atoms with van der Waals surface area (Å²) in [5.41, 5.74) is 2.38. The molecule has 0 spiro atoms. The van der Waals surface area contributed by atoms with Crippen molar-refractivity contribution in [1.82, 2.24) is 10.6 Å². The maximum Gasteiger partial charge on any atom is 0.191 e. The van der Waals surface area contributed by atoms with Crippen LogP contribution >= 0.6 is 0 Å². The minimum atomic E-state index is 0.0691. The van der Waals surface area contributed by atoms with Gasteiger partial charge in [0.25, 0.3) is 0 Å². The first kappa shape index (κ1) is 20.3. The van der Waals surface area contributed by atoms with Gasteiger partial charge in [-0.25, -0.2) is 0 Å². The van der Waals surface area contributed by atoms with Crippen LogP contribution in [-0.4, -0.2) is 39.4 Å². The van der Waals surface area contributed by atoms with E-state index in [4.69, 9.17) is 9.47 Å². The number of hydrogen-bond acceptors (Lipinski definition) is 3. The lowest BCUT2D eigenvalue weighted by Gasteiger charge is -2.30. The normalized spacial score (nSPS) is 13.5. The predicted octanol–water partition coefficient (Wildman–Crippen LogP) is 3.12. The van der Waals surface area contributed by atoms with E-state index in [-0.39, 0.29) is 11.5 Å². The molecule has 0 fully saturated rings. The largest absolute Gasteiger partial charge is 0.494 e. The molecule has 0 bridgehead atoms. The molecule has 0 aliphatic rings. The van der Waals surface area contributed by atoms with Gasteiger partial charge in [-0.2, -0.15) is 0 Å². The molecule has 5 heteroatoms. The summed E-state index contributed by atoms with van der Waals surface area (Å²) in [5.74, 6) is 1.68. The van der Waals surface area contributed by atoms with E-state index in [9.17, 15) is 0 Å². The zero-order valence-electron chi connectivity index (χ0n) is 16.2. The Morgan fingerprint density at radius 3 is 2.50 bits per heavy atom. The predicted molar refractivity (Wildman–Crippen MR) is 101 cm³/mol. The molecule has 0 radical (unpaired) electrons. The molecule has 1 rings (SSSR count). The highest BCUT2D eigenvalue weighted by Crippen LogP contribution is 2.21. The topological polar surface area (TPSA) is 54.9 Å². The van der Waals surface area contributed by atoms with Crippen molar-refractivity contribution in [3.63, 3.8) is 0 Å². The van der Waals surface area contributed by atoms with Gasteiger partial charge in [0.05, 0.1) is 12.7 Å². The minimum absolute atomic E-state index is 0.0691. The number of benzene rings is 1. The molecule has 136 valence electrons. The van der Waals surface area contributed by atoms with Crippen molar-refractivity contribution in [2.75, 3.05) is 27.3 Å². The molecule has 1 unspecified atom stereocenters. The zero-order chi connectivity index (χ0) is 18.2. The molecular weight excluding hydrogens is 302 g/mol. The minimum Gasteiger partial charge on any atom is -0.494 e. The second kappa shape index (κ2) is 9.52. The summed E-state index contributed by atoms with van der Waals surface area (Å²) >= 11 is 0. The summed E-state index contributed by atoms with van der Waals surface area (Å²) in [6.45, 7) is 12.6. The second-order valence-corrected chi connectivity index (χ2v) is 6.94. The quantitative estimate of drug-likeness (QED) is 0.594. The van der Waals surface area contributed by atoms with E-state index in [1.165, 1.54) is 5.56 Å². The van der Waals surface area contributed by atoms with E-state index in [1.54, 1.807) is 14.2 Å². The van der Waals surface area contributed by atoms with Crippen LogP contribution in [0.2, 0.25) is 0 Å². The average Bonchev–Trinajstić information content (AvgIpc) is 2.51. The van der Waals surface area contributed by atoms with Gasteiger partial charge in [-0.1, -0.05) is 32.9 Å². The third-order valence-corrected chi connectivity index (χ3v) is 3.90. The van der Waals surface area contributed by atoms with Crippen LogP contribution in [0.4, 0.5) is 0 Å². The van der Waals surface area contributed by atoms with Crippen LogP contribution < -0.4 is 15.4 Å². The molecule has 1 atom stereocenters. The lowest BCUT2D eigenvalue weighted by atomic mass is 9.89. The second-order valence-electron chi connectivity index (χ2n) is 6.94. The summed E-state index contributed by atoms with van der Waals surface area (Å²) in [6, 6.07) is 6.25. The van der Waals surface area contributed by atoms with E-state index in [2.05, 4.69) is 61.5 Å². The SMILES string of the molecule is CCOc1cc(C)ccc1CNC(=NC)NCC(OC)C(C)(C)C. The molecule has 0 amide bonds. The summed E-state index contributed by atoms with van der Waals surface area (Å²) in [7, 11) is 3.52. The van der Waals surface area contributed by atoms with E-state index in [0.29, 0.717) is 19.7 Å². The molecule has 0 saturated carbocycles. The first-order valence-electron chi connectivity index (χ1n) is 8.51. The third-order valence-electron chi connectivity index (χ3n) is 3.90. The fourth-order valence-corrected chi connectivity index (χ4v) is 2.43. The summed E-state index contributed by atoms with van der Waals surface area (Å²) in [4.78, 5) is 4.28. The van der Waals surface area contributed by atoms with Crippen LogP contribution in [0.3, 0.4) is 0 Å². The molecule has 0 aromatic heterocycles. The van der Waals surface area contributed by atoms with Gasteiger partial charge < -0.3 is 20.1 Å². The van der Waals surface area contributed by atoms with Gasteiger partial charge in [0.2, 0.25) is 0 Å². The summed E-state index contributed by atoms with van der Waals surface area (Å²) in [5, 5.41) is 6.67. The highest BCUT2D eigenvalue weighted by Gasteiger charge is 2.24. The smallest absolute Gasteiger partial charge is 0.191 e. The van der Waals surface area contributed by atoms with Crippen molar-refractivity contribution in [1.29, 1.82) is 0 Å². The standard InChI is InChI=1S/C19H33N3O2/c1-8-24-16-11-14(2)9-10-15(16)12-21-18(20-6)22-13-17(23-7)19(3,4)5/h9-11,17H,8,12-13H2,1-7H3,(H2,20,21,22). The molecule has 0 heterocycles. The molecule has 2 N–H and O–H groups in total. The summed E-state index contributed by atoms with van der Waals surface area (Å²) in [6.07, 6.45) is 0.106. The Balaban J connectivity index is 2.65. The molecule has 24 heavy (non-hydrogen) atoms.